The molecule has 2 aromatic carbocycles. The van der Waals surface area contributed by atoms with Gasteiger partial charge in [-0.2, -0.15) is 8.61 Å². The van der Waals surface area contributed by atoms with Gasteiger partial charge in [0.25, 0.3) is 5.91 Å². The summed E-state index contributed by atoms with van der Waals surface area (Å²) >= 11 is 0. The molecule has 0 spiro atoms. The second-order valence-corrected chi connectivity index (χ2v) is 11.7. The molecule has 1 aliphatic heterocycles. The Balaban J connectivity index is 1.93. The van der Waals surface area contributed by atoms with Crippen molar-refractivity contribution in [2.45, 2.75) is 30.6 Å². The van der Waals surface area contributed by atoms with Crippen LogP contribution in [0.3, 0.4) is 0 Å². The molecule has 1 heterocycles. The van der Waals surface area contributed by atoms with Crippen molar-refractivity contribution in [3.8, 4) is 5.75 Å². The highest BCUT2D eigenvalue weighted by molar-refractivity contribution is 7.89. The largest absolute Gasteiger partial charge is 0.495 e. The standard InChI is InChI=1S/C23H31N3O7S2/c1-5-25(6-2)34(28,29)21-16-19(9-7-17(21)3)24-23(27)18-8-10-20(32-4)22(15-18)35(30,31)26-11-13-33-14-12-26/h7-10,15-16H,5-6,11-14H2,1-4H3,(H,24,27). The lowest BCUT2D eigenvalue weighted by molar-refractivity contribution is 0.0729. The van der Waals surface area contributed by atoms with Gasteiger partial charge in [-0.05, 0) is 42.8 Å². The molecule has 0 atom stereocenters. The quantitative estimate of drug-likeness (QED) is 0.533. The fourth-order valence-corrected chi connectivity index (χ4v) is 7.11. The lowest BCUT2D eigenvalue weighted by atomic mass is 10.2. The van der Waals surface area contributed by atoms with Crippen molar-refractivity contribution in [1.29, 1.82) is 0 Å². The molecule has 10 nitrogen and oxygen atoms in total. The van der Waals surface area contributed by atoms with Crippen LogP contribution in [0.15, 0.2) is 46.2 Å². The Morgan fingerprint density at radius 1 is 1.03 bits per heavy atom. The molecule has 2 aromatic rings. The third-order valence-corrected chi connectivity index (χ3v) is 9.89. The Morgan fingerprint density at radius 2 is 1.69 bits per heavy atom. The van der Waals surface area contributed by atoms with Gasteiger partial charge in [-0.1, -0.05) is 19.9 Å². The van der Waals surface area contributed by atoms with Gasteiger partial charge in [-0.15, -0.1) is 0 Å². The number of rotatable bonds is 9. The molecule has 192 valence electrons. The maximum Gasteiger partial charge on any atom is 0.255 e. The van der Waals surface area contributed by atoms with E-state index in [0.29, 0.717) is 18.7 Å². The van der Waals surface area contributed by atoms with Gasteiger partial charge < -0.3 is 14.8 Å². The van der Waals surface area contributed by atoms with Gasteiger partial charge >= 0.3 is 0 Å². The van der Waals surface area contributed by atoms with E-state index < -0.39 is 26.0 Å². The molecule has 1 saturated heterocycles. The molecule has 12 heteroatoms. The number of morpholine rings is 1. The molecule has 35 heavy (non-hydrogen) atoms. The van der Waals surface area contributed by atoms with Crippen molar-refractivity contribution in [3.05, 3.63) is 47.5 Å². The van der Waals surface area contributed by atoms with E-state index in [-0.39, 0.29) is 53.1 Å². The number of nitrogens with one attached hydrogen (secondary N) is 1. The summed E-state index contributed by atoms with van der Waals surface area (Å²) in [6.07, 6.45) is 0. The molecular formula is C23H31N3O7S2. The summed E-state index contributed by atoms with van der Waals surface area (Å²) in [6, 6.07) is 8.77. The Kier molecular flexibility index (Phi) is 8.54. The fraction of sp³-hybridized carbons (Fsp3) is 0.435. The van der Waals surface area contributed by atoms with Gasteiger partial charge in [-0.3, -0.25) is 4.79 Å². The highest BCUT2D eigenvalue weighted by Gasteiger charge is 2.30. The monoisotopic (exact) mass is 525 g/mol. The molecule has 0 radical (unpaired) electrons. The van der Waals surface area contributed by atoms with Crippen LogP contribution >= 0.6 is 0 Å². The Hall–Kier alpha value is -2.51. The van der Waals surface area contributed by atoms with Crippen LogP contribution in [0.5, 0.6) is 5.75 Å². The summed E-state index contributed by atoms with van der Waals surface area (Å²) in [7, 11) is -6.29. The van der Waals surface area contributed by atoms with Gasteiger partial charge in [0.15, 0.2) is 0 Å². The second kappa shape index (κ2) is 11.0. The summed E-state index contributed by atoms with van der Waals surface area (Å²) in [4.78, 5) is 13.0. The number of ether oxygens (including phenoxy) is 2. The van der Waals surface area contributed by atoms with Crippen LogP contribution in [-0.2, 0) is 24.8 Å². The number of hydrogen-bond acceptors (Lipinski definition) is 7. The minimum atomic E-state index is -3.92. The number of sulfonamides is 2. The van der Waals surface area contributed by atoms with Crippen LogP contribution in [0, 0.1) is 6.92 Å². The molecule has 0 bridgehead atoms. The van der Waals surface area contributed by atoms with Crippen molar-refractivity contribution in [2.75, 3.05) is 51.8 Å². The van der Waals surface area contributed by atoms with Crippen molar-refractivity contribution in [1.82, 2.24) is 8.61 Å². The molecule has 1 amide bonds. The van der Waals surface area contributed by atoms with E-state index in [1.807, 2.05) is 0 Å². The number of carbonyl (C=O) groups is 1. The predicted octanol–water partition coefficient (Wildman–Crippen LogP) is 2.31. The van der Waals surface area contributed by atoms with Crippen LogP contribution < -0.4 is 10.1 Å². The molecule has 1 aliphatic rings. The summed E-state index contributed by atoms with van der Waals surface area (Å²) in [6.45, 7) is 6.82. The zero-order valence-corrected chi connectivity index (χ0v) is 21.9. The number of carbonyl (C=O) groups excluding carboxylic acids is 1. The van der Waals surface area contributed by atoms with Crippen LogP contribution in [0.25, 0.3) is 0 Å². The van der Waals surface area contributed by atoms with Crippen LogP contribution in [0.1, 0.15) is 29.8 Å². The van der Waals surface area contributed by atoms with E-state index in [0.717, 1.165) is 0 Å². The second-order valence-electron chi connectivity index (χ2n) is 7.91. The van der Waals surface area contributed by atoms with Crippen molar-refractivity contribution >= 4 is 31.6 Å². The molecule has 1 fully saturated rings. The first-order chi connectivity index (χ1) is 16.6. The average molecular weight is 526 g/mol. The van der Waals surface area contributed by atoms with Crippen molar-refractivity contribution in [2.24, 2.45) is 0 Å². The maximum absolute atomic E-state index is 13.2. The number of aryl methyl sites for hydroxylation is 1. The molecule has 1 N–H and O–H groups in total. The maximum atomic E-state index is 13.2. The topological polar surface area (TPSA) is 122 Å². The fourth-order valence-electron chi connectivity index (χ4n) is 3.81. The Bertz CT molecular complexity index is 1280. The number of amides is 1. The van der Waals surface area contributed by atoms with Crippen molar-refractivity contribution in [3.63, 3.8) is 0 Å². The van der Waals surface area contributed by atoms with Gasteiger partial charge in [0.05, 0.1) is 25.2 Å². The zero-order valence-electron chi connectivity index (χ0n) is 20.3. The summed E-state index contributed by atoms with van der Waals surface area (Å²) in [5, 5.41) is 2.68. The molecular weight excluding hydrogens is 494 g/mol. The number of hydrogen-bond donors (Lipinski definition) is 1. The van der Waals surface area contributed by atoms with E-state index in [1.54, 1.807) is 32.9 Å². The van der Waals surface area contributed by atoms with E-state index >= 15 is 0 Å². The lowest BCUT2D eigenvalue weighted by Gasteiger charge is -2.26. The summed E-state index contributed by atoms with van der Waals surface area (Å²) in [5.41, 5.74) is 0.921. The summed E-state index contributed by atoms with van der Waals surface area (Å²) in [5.74, 6) is -0.461. The number of methoxy groups -OCH3 is 1. The third kappa shape index (κ3) is 5.67. The molecule has 0 saturated carbocycles. The van der Waals surface area contributed by atoms with Crippen LogP contribution in [-0.4, -0.2) is 77.9 Å². The average Bonchev–Trinajstić information content (AvgIpc) is 2.85. The molecule has 0 unspecified atom stereocenters. The van der Waals surface area contributed by atoms with E-state index in [4.69, 9.17) is 9.47 Å². The minimum Gasteiger partial charge on any atom is -0.495 e. The smallest absolute Gasteiger partial charge is 0.255 e. The SMILES string of the molecule is CCN(CC)S(=O)(=O)c1cc(NC(=O)c2ccc(OC)c(S(=O)(=O)N3CCOCC3)c2)ccc1C. The normalized spacial score (nSPS) is 15.2. The first-order valence-corrected chi connectivity index (χ1v) is 14.1. The van der Waals surface area contributed by atoms with Crippen LogP contribution in [0.2, 0.25) is 0 Å². The lowest BCUT2D eigenvalue weighted by Crippen LogP contribution is -2.40. The minimum absolute atomic E-state index is 0.0892. The molecule has 0 aliphatic carbocycles. The number of benzene rings is 2. The van der Waals surface area contributed by atoms with Gasteiger partial charge in [0.1, 0.15) is 10.6 Å². The zero-order chi connectivity index (χ0) is 25.8. The van der Waals surface area contributed by atoms with E-state index in [2.05, 4.69) is 5.32 Å². The van der Waals surface area contributed by atoms with Gasteiger partial charge in [0, 0.05) is 37.4 Å². The molecule has 3 rings (SSSR count). The highest BCUT2D eigenvalue weighted by atomic mass is 32.2. The van der Waals surface area contributed by atoms with E-state index in [9.17, 15) is 21.6 Å². The van der Waals surface area contributed by atoms with E-state index in [1.165, 1.54) is 40.0 Å². The van der Waals surface area contributed by atoms with Gasteiger partial charge in [0.2, 0.25) is 20.0 Å². The van der Waals surface area contributed by atoms with Crippen LogP contribution in [0.4, 0.5) is 5.69 Å². The van der Waals surface area contributed by atoms with Crippen molar-refractivity contribution < 1.29 is 31.1 Å². The number of nitrogens with zero attached hydrogens (tertiary/aromatic N) is 2. The molecule has 0 aromatic heterocycles. The predicted molar refractivity (Wildman–Crippen MR) is 132 cm³/mol. The first kappa shape index (κ1) is 27.1. The third-order valence-electron chi connectivity index (χ3n) is 5.78. The first-order valence-electron chi connectivity index (χ1n) is 11.2. The Labute approximate surface area is 206 Å². The summed E-state index contributed by atoms with van der Waals surface area (Å²) < 4.78 is 65.6. The Morgan fingerprint density at radius 3 is 2.29 bits per heavy atom. The van der Waals surface area contributed by atoms with Gasteiger partial charge in [-0.25, -0.2) is 16.8 Å². The highest BCUT2D eigenvalue weighted by Crippen LogP contribution is 2.29. The number of anilines is 1.